The van der Waals surface area contributed by atoms with Gasteiger partial charge in [0.2, 0.25) is 5.91 Å². The molecular weight excluding hydrogens is 198 g/mol. The first-order chi connectivity index (χ1) is 6.68. The van der Waals surface area contributed by atoms with Crippen molar-refractivity contribution in [2.45, 2.75) is 13.0 Å². The van der Waals surface area contributed by atoms with Crippen molar-refractivity contribution in [1.29, 1.82) is 0 Å². The van der Waals surface area contributed by atoms with Crippen molar-refractivity contribution < 1.29 is 9.90 Å². The number of carbonyl (C=O) groups is 1. The summed E-state index contributed by atoms with van der Waals surface area (Å²) in [7, 11) is 0. The van der Waals surface area contributed by atoms with Crippen molar-refractivity contribution in [2.75, 3.05) is 6.54 Å². The van der Waals surface area contributed by atoms with Gasteiger partial charge in [-0.25, -0.2) is 0 Å². The summed E-state index contributed by atoms with van der Waals surface area (Å²) in [5.74, 6) is -0.181. The van der Waals surface area contributed by atoms with Crippen LogP contribution in [0.2, 0.25) is 0 Å². The van der Waals surface area contributed by atoms with Crippen molar-refractivity contribution in [1.82, 2.24) is 5.32 Å². The SMILES string of the molecule is C[C@H](O)CNC(=O)/C=C/c1cccs1. The van der Waals surface area contributed by atoms with Crippen LogP contribution in [0.4, 0.5) is 0 Å². The highest BCUT2D eigenvalue weighted by molar-refractivity contribution is 7.10. The van der Waals surface area contributed by atoms with Crippen molar-refractivity contribution in [3.63, 3.8) is 0 Å². The lowest BCUT2D eigenvalue weighted by molar-refractivity contribution is -0.116. The zero-order valence-corrected chi connectivity index (χ0v) is 8.75. The second kappa shape index (κ2) is 5.57. The van der Waals surface area contributed by atoms with Gasteiger partial charge in [0.1, 0.15) is 0 Å². The second-order valence-electron chi connectivity index (χ2n) is 2.94. The highest BCUT2D eigenvalue weighted by Gasteiger charge is 1.98. The predicted molar refractivity (Wildman–Crippen MR) is 58.0 cm³/mol. The van der Waals surface area contributed by atoms with E-state index in [0.29, 0.717) is 0 Å². The molecule has 1 heterocycles. The summed E-state index contributed by atoms with van der Waals surface area (Å²) in [6.45, 7) is 1.91. The Hall–Kier alpha value is -1.13. The zero-order chi connectivity index (χ0) is 10.4. The Morgan fingerprint density at radius 1 is 1.79 bits per heavy atom. The standard InChI is InChI=1S/C10H13NO2S/c1-8(12)7-11-10(13)5-4-9-3-2-6-14-9/h2-6,8,12H,7H2,1H3,(H,11,13)/b5-4+/t8-/m0/s1. The van der Waals surface area contributed by atoms with Gasteiger partial charge in [-0.1, -0.05) is 6.07 Å². The molecule has 0 saturated carbocycles. The number of hydrogen-bond donors (Lipinski definition) is 2. The quantitative estimate of drug-likeness (QED) is 0.737. The van der Waals surface area contributed by atoms with Crippen molar-refractivity contribution in [3.05, 3.63) is 28.5 Å². The number of aliphatic hydroxyl groups is 1. The van der Waals surface area contributed by atoms with Crippen LogP contribution < -0.4 is 5.32 Å². The van der Waals surface area contributed by atoms with E-state index in [-0.39, 0.29) is 12.5 Å². The van der Waals surface area contributed by atoms with Gasteiger partial charge in [-0.15, -0.1) is 11.3 Å². The third kappa shape index (κ3) is 4.20. The maximum atomic E-state index is 11.1. The Kier molecular flexibility index (Phi) is 4.35. The van der Waals surface area contributed by atoms with E-state index in [1.54, 1.807) is 24.3 Å². The largest absolute Gasteiger partial charge is 0.392 e. The molecule has 0 radical (unpaired) electrons. The average molecular weight is 211 g/mol. The molecule has 14 heavy (non-hydrogen) atoms. The lowest BCUT2D eigenvalue weighted by atomic mass is 10.3. The third-order valence-electron chi connectivity index (χ3n) is 1.51. The smallest absolute Gasteiger partial charge is 0.244 e. The van der Waals surface area contributed by atoms with Crippen LogP contribution >= 0.6 is 11.3 Å². The van der Waals surface area contributed by atoms with E-state index < -0.39 is 6.10 Å². The third-order valence-corrected chi connectivity index (χ3v) is 2.35. The van der Waals surface area contributed by atoms with Gasteiger partial charge >= 0.3 is 0 Å². The van der Waals surface area contributed by atoms with Crippen LogP contribution in [0.1, 0.15) is 11.8 Å². The van der Waals surface area contributed by atoms with Crippen molar-refractivity contribution in [3.8, 4) is 0 Å². The number of aliphatic hydroxyl groups excluding tert-OH is 1. The van der Waals surface area contributed by atoms with Gasteiger partial charge in [-0.3, -0.25) is 4.79 Å². The van der Waals surface area contributed by atoms with Gasteiger partial charge in [0, 0.05) is 17.5 Å². The number of rotatable bonds is 4. The molecule has 0 aliphatic heterocycles. The molecule has 0 spiro atoms. The van der Waals surface area contributed by atoms with Crippen molar-refractivity contribution in [2.24, 2.45) is 0 Å². The molecule has 0 fully saturated rings. The second-order valence-corrected chi connectivity index (χ2v) is 3.92. The van der Waals surface area contributed by atoms with Crippen LogP contribution in [0, 0.1) is 0 Å². The summed E-state index contributed by atoms with van der Waals surface area (Å²) >= 11 is 1.57. The van der Waals surface area contributed by atoms with E-state index in [1.807, 2.05) is 17.5 Å². The van der Waals surface area contributed by atoms with Gasteiger partial charge in [-0.2, -0.15) is 0 Å². The van der Waals surface area contributed by atoms with E-state index >= 15 is 0 Å². The minimum Gasteiger partial charge on any atom is -0.392 e. The number of carbonyl (C=O) groups excluding carboxylic acids is 1. The molecule has 1 aromatic rings. The predicted octanol–water partition coefficient (Wildman–Crippen LogP) is 1.26. The Bertz CT molecular complexity index is 304. The molecule has 0 unspecified atom stereocenters. The molecule has 1 aromatic heterocycles. The molecule has 0 aromatic carbocycles. The van der Waals surface area contributed by atoms with Crippen molar-refractivity contribution >= 4 is 23.3 Å². The molecule has 1 atom stereocenters. The highest BCUT2D eigenvalue weighted by Crippen LogP contribution is 2.09. The fraction of sp³-hybridized carbons (Fsp3) is 0.300. The number of thiophene rings is 1. The first-order valence-electron chi connectivity index (χ1n) is 4.36. The lowest BCUT2D eigenvalue weighted by Crippen LogP contribution is -2.28. The van der Waals surface area contributed by atoms with Crippen LogP contribution in [0.3, 0.4) is 0 Å². The summed E-state index contributed by atoms with van der Waals surface area (Å²) in [5, 5.41) is 13.4. The van der Waals surface area contributed by atoms with Gasteiger partial charge in [-0.05, 0) is 24.4 Å². The minimum atomic E-state index is -0.505. The molecule has 0 aliphatic carbocycles. The average Bonchev–Trinajstić information content (AvgIpc) is 2.63. The van der Waals surface area contributed by atoms with E-state index in [0.717, 1.165) is 4.88 Å². The Morgan fingerprint density at radius 3 is 3.14 bits per heavy atom. The molecule has 0 aliphatic rings. The fourth-order valence-electron chi connectivity index (χ4n) is 0.851. The number of amides is 1. The Morgan fingerprint density at radius 2 is 2.57 bits per heavy atom. The van der Waals surface area contributed by atoms with Gasteiger partial charge in [0.15, 0.2) is 0 Å². The van der Waals surface area contributed by atoms with Crippen LogP contribution in [0.15, 0.2) is 23.6 Å². The molecule has 0 bridgehead atoms. The zero-order valence-electron chi connectivity index (χ0n) is 7.93. The summed E-state index contributed by atoms with van der Waals surface area (Å²) in [5.41, 5.74) is 0. The minimum absolute atomic E-state index is 0.181. The summed E-state index contributed by atoms with van der Waals surface area (Å²) in [6.07, 6.45) is 2.71. The van der Waals surface area contributed by atoms with E-state index in [4.69, 9.17) is 5.11 Å². The van der Waals surface area contributed by atoms with Crippen LogP contribution in [0.5, 0.6) is 0 Å². The van der Waals surface area contributed by atoms with Crippen LogP contribution in [-0.4, -0.2) is 23.7 Å². The normalized spacial score (nSPS) is 13.0. The van der Waals surface area contributed by atoms with E-state index in [2.05, 4.69) is 5.32 Å². The number of hydrogen-bond acceptors (Lipinski definition) is 3. The maximum absolute atomic E-state index is 11.1. The molecule has 76 valence electrons. The van der Waals surface area contributed by atoms with Crippen LogP contribution in [-0.2, 0) is 4.79 Å². The Labute approximate surface area is 87.1 Å². The first kappa shape index (κ1) is 10.9. The molecule has 1 amide bonds. The summed E-state index contributed by atoms with van der Waals surface area (Å²) < 4.78 is 0. The first-order valence-corrected chi connectivity index (χ1v) is 5.24. The summed E-state index contributed by atoms with van der Waals surface area (Å²) in [4.78, 5) is 12.2. The van der Waals surface area contributed by atoms with Gasteiger partial charge < -0.3 is 10.4 Å². The molecule has 4 heteroatoms. The molecule has 2 N–H and O–H groups in total. The fourth-order valence-corrected chi connectivity index (χ4v) is 1.47. The molecule has 1 rings (SSSR count). The molecular formula is C10H13NO2S. The topological polar surface area (TPSA) is 49.3 Å². The summed E-state index contributed by atoms with van der Waals surface area (Å²) in [6, 6.07) is 3.86. The Balaban J connectivity index is 2.34. The monoisotopic (exact) mass is 211 g/mol. The lowest BCUT2D eigenvalue weighted by Gasteiger charge is -2.03. The van der Waals surface area contributed by atoms with Gasteiger partial charge in [0.05, 0.1) is 6.10 Å². The molecule has 3 nitrogen and oxygen atoms in total. The maximum Gasteiger partial charge on any atom is 0.244 e. The highest BCUT2D eigenvalue weighted by atomic mass is 32.1. The van der Waals surface area contributed by atoms with Gasteiger partial charge in [0.25, 0.3) is 0 Å². The number of nitrogens with one attached hydrogen (secondary N) is 1. The van der Waals surface area contributed by atoms with Crippen LogP contribution in [0.25, 0.3) is 6.08 Å². The van der Waals surface area contributed by atoms with E-state index in [9.17, 15) is 4.79 Å². The molecule has 0 saturated heterocycles. The van der Waals surface area contributed by atoms with E-state index in [1.165, 1.54) is 6.08 Å².